The minimum atomic E-state index is -2.27. The molecule has 1 atom stereocenters. The fraction of sp³-hybridized carbons (Fsp3) is 0.385. The van der Waals surface area contributed by atoms with Gasteiger partial charge in [-0.15, -0.1) is 0 Å². The average Bonchev–Trinajstić information content (AvgIpc) is 2.44. The third-order valence-electron chi connectivity index (χ3n) is 2.66. The van der Waals surface area contributed by atoms with E-state index in [1.54, 1.807) is 0 Å². The van der Waals surface area contributed by atoms with Crippen LogP contribution in [0.4, 0.5) is 4.39 Å². The van der Waals surface area contributed by atoms with Crippen LogP contribution in [0.5, 0.6) is 0 Å². The summed E-state index contributed by atoms with van der Waals surface area (Å²) < 4.78 is 13.9. The molecule has 1 aromatic carbocycles. The van der Waals surface area contributed by atoms with Crippen LogP contribution in [-0.2, 0) is 4.79 Å². The lowest BCUT2D eigenvalue weighted by atomic mass is 10.0. The summed E-state index contributed by atoms with van der Waals surface area (Å²) in [7, 11) is 0. The highest BCUT2D eigenvalue weighted by Gasteiger charge is 2.29. The Kier molecular flexibility index (Phi) is 6.73. The standard InChI is InChI=1S/C13H11Cl4FO2/c1-2-3-4-8(19)12(18)13(20)6-5-7(14)10(16)11(17)9(6)15/h5,12H,2-4H2,1H3. The number of halogens is 5. The van der Waals surface area contributed by atoms with Crippen LogP contribution in [0, 0.1) is 0 Å². The van der Waals surface area contributed by atoms with Crippen LogP contribution in [0.25, 0.3) is 0 Å². The van der Waals surface area contributed by atoms with Crippen molar-refractivity contribution in [3.63, 3.8) is 0 Å². The largest absolute Gasteiger partial charge is 0.296 e. The highest BCUT2D eigenvalue weighted by Crippen LogP contribution is 2.38. The Morgan fingerprint density at radius 3 is 2.30 bits per heavy atom. The number of carbonyl (C=O) groups excluding carboxylic acids is 2. The van der Waals surface area contributed by atoms with Crippen molar-refractivity contribution in [2.24, 2.45) is 0 Å². The van der Waals surface area contributed by atoms with Gasteiger partial charge in [0.05, 0.1) is 20.1 Å². The molecule has 0 aliphatic carbocycles. The van der Waals surface area contributed by atoms with E-state index in [0.717, 1.165) is 12.5 Å². The molecule has 0 aliphatic rings. The summed E-state index contributed by atoms with van der Waals surface area (Å²) in [6.07, 6.45) is -1.03. The van der Waals surface area contributed by atoms with E-state index in [2.05, 4.69) is 0 Å². The molecule has 0 amide bonds. The second kappa shape index (κ2) is 7.60. The van der Waals surface area contributed by atoms with Crippen LogP contribution >= 0.6 is 46.4 Å². The van der Waals surface area contributed by atoms with Crippen molar-refractivity contribution in [3.05, 3.63) is 31.7 Å². The van der Waals surface area contributed by atoms with Crippen molar-refractivity contribution in [1.82, 2.24) is 0 Å². The number of ketones is 2. The topological polar surface area (TPSA) is 34.1 Å². The van der Waals surface area contributed by atoms with Crippen molar-refractivity contribution >= 4 is 58.0 Å². The molecule has 0 radical (unpaired) electrons. The maximum atomic E-state index is 13.9. The molecule has 20 heavy (non-hydrogen) atoms. The van der Waals surface area contributed by atoms with Gasteiger partial charge in [0.1, 0.15) is 0 Å². The van der Waals surface area contributed by atoms with Gasteiger partial charge in [-0.05, 0) is 12.5 Å². The van der Waals surface area contributed by atoms with Crippen LogP contribution in [0.3, 0.4) is 0 Å². The zero-order valence-electron chi connectivity index (χ0n) is 10.5. The fourth-order valence-electron chi connectivity index (χ4n) is 1.51. The summed E-state index contributed by atoms with van der Waals surface area (Å²) in [5.74, 6) is -1.84. The van der Waals surface area contributed by atoms with E-state index in [1.165, 1.54) is 0 Å². The molecule has 0 fully saturated rings. The Morgan fingerprint density at radius 1 is 1.15 bits per heavy atom. The summed E-state index contributed by atoms with van der Waals surface area (Å²) in [6.45, 7) is 1.86. The van der Waals surface area contributed by atoms with Gasteiger partial charge in [-0.1, -0.05) is 59.7 Å². The summed E-state index contributed by atoms with van der Waals surface area (Å²) in [4.78, 5) is 23.5. The van der Waals surface area contributed by atoms with E-state index in [1.807, 2.05) is 6.92 Å². The molecule has 0 bridgehead atoms. The van der Waals surface area contributed by atoms with Gasteiger partial charge < -0.3 is 0 Å². The van der Waals surface area contributed by atoms with Crippen molar-refractivity contribution < 1.29 is 14.0 Å². The number of Topliss-reactive ketones (excluding diaryl/α,β-unsaturated/α-hetero) is 2. The molecule has 0 saturated carbocycles. The molecule has 0 aromatic heterocycles. The molecule has 0 saturated heterocycles. The van der Waals surface area contributed by atoms with Gasteiger partial charge in [-0.3, -0.25) is 9.59 Å². The summed E-state index contributed by atoms with van der Waals surface area (Å²) in [5.41, 5.74) is -0.247. The van der Waals surface area contributed by atoms with E-state index in [9.17, 15) is 14.0 Å². The van der Waals surface area contributed by atoms with Crippen molar-refractivity contribution in [2.45, 2.75) is 32.4 Å². The summed E-state index contributed by atoms with van der Waals surface area (Å²) in [6, 6.07) is 1.11. The molecule has 7 heteroatoms. The Bertz CT molecular complexity index is 546. The first-order valence-corrected chi connectivity index (χ1v) is 7.36. The van der Waals surface area contributed by atoms with Crippen molar-refractivity contribution in [3.8, 4) is 0 Å². The molecule has 1 unspecified atom stereocenters. The molecular weight excluding hydrogens is 349 g/mol. The van der Waals surface area contributed by atoms with Gasteiger partial charge in [0, 0.05) is 12.0 Å². The zero-order chi connectivity index (χ0) is 15.4. The Morgan fingerprint density at radius 2 is 1.75 bits per heavy atom. The highest BCUT2D eigenvalue weighted by molar-refractivity contribution is 6.52. The Balaban J connectivity index is 3.07. The van der Waals surface area contributed by atoms with Crippen LogP contribution < -0.4 is 0 Å². The van der Waals surface area contributed by atoms with Crippen LogP contribution in [0.15, 0.2) is 6.07 Å². The summed E-state index contributed by atoms with van der Waals surface area (Å²) in [5, 5.41) is -0.408. The number of hydrogen-bond donors (Lipinski definition) is 0. The third kappa shape index (κ3) is 3.85. The fourth-order valence-corrected chi connectivity index (χ4v) is 2.41. The smallest absolute Gasteiger partial charge is 0.220 e. The first-order valence-electron chi connectivity index (χ1n) is 5.85. The molecule has 0 N–H and O–H groups in total. The minimum Gasteiger partial charge on any atom is -0.296 e. The minimum absolute atomic E-state index is 0.00389. The third-order valence-corrected chi connectivity index (χ3v) is 4.41. The number of hydrogen-bond acceptors (Lipinski definition) is 2. The SMILES string of the molecule is CCCCC(=O)C(F)C(=O)c1cc(Cl)c(Cl)c(Cl)c1Cl. The van der Waals surface area contributed by atoms with Crippen LogP contribution in [-0.4, -0.2) is 17.7 Å². The normalized spacial score (nSPS) is 12.3. The van der Waals surface area contributed by atoms with E-state index in [-0.39, 0.29) is 32.1 Å². The van der Waals surface area contributed by atoms with Crippen LogP contribution in [0.1, 0.15) is 36.5 Å². The van der Waals surface area contributed by atoms with Gasteiger partial charge in [0.15, 0.2) is 5.78 Å². The molecule has 1 aromatic rings. The molecule has 2 nitrogen and oxygen atoms in total. The maximum absolute atomic E-state index is 13.9. The predicted molar refractivity (Wildman–Crippen MR) is 80.2 cm³/mol. The second-order valence-electron chi connectivity index (χ2n) is 4.14. The average molecular weight is 360 g/mol. The van der Waals surface area contributed by atoms with Gasteiger partial charge in [0.25, 0.3) is 0 Å². The van der Waals surface area contributed by atoms with E-state index >= 15 is 0 Å². The van der Waals surface area contributed by atoms with Gasteiger partial charge in [-0.25, -0.2) is 4.39 Å². The number of alkyl halides is 1. The first-order chi connectivity index (χ1) is 9.31. The number of carbonyl (C=O) groups is 2. The van der Waals surface area contributed by atoms with Gasteiger partial charge in [0.2, 0.25) is 12.0 Å². The van der Waals surface area contributed by atoms with Crippen molar-refractivity contribution in [2.75, 3.05) is 0 Å². The zero-order valence-corrected chi connectivity index (χ0v) is 13.5. The number of rotatable bonds is 6. The van der Waals surface area contributed by atoms with Crippen LogP contribution in [0.2, 0.25) is 20.1 Å². The molecular formula is C13H11Cl4FO2. The first kappa shape index (κ1) is 17.7. The van der Waals surface area contributed by atoms with Gasteiger partial charge in [-0.2, -0.15) is 0 Å². The Labute approximate surface area is 136 Å². The van der Waals surface area contributed by atoms with Crippen molar-refractivity contribution in [1.29, 1.82) is 0 Å². The second-order valence-corrected chi connectivity index (χ2v) is 5.69. The lowest BCUT2D eigenvalue weighted by Crippen LogP contribution is -2.26. The molecule has 0 spiro atoms. The monoisotopic (exact) mass is 358 g/mol. The lowest BCUT2D eigenvalue weighted by Gasteiger charge is -2.10. The van der Waals surface area contributed by atoms with Gasteiger partial charge >= 0.3 is 0 Å². The van der Waals surface area contributed by atoms with E-state index in [0.29, 0.717) is 6.42 Å². The molecule has 110 valence electrons. The molecule has 0 heterocycles. The number of benzene rings is 1. The van der Waals surface area contributed by atoms with E-state index < -0.39 is 17.7 Å². The highest BCUT2D eigenvalue weighted by atomic mass is 35.5. The Hall–Kier alpha value is -0.350. The summed E-state index contributed by atoms with van der Waals surface area (Å²) >= 11 is 23.2. The molecule has 1 rings (SSSR count). The quantitative estimate of drug-likeness (QED) is 0.287. The maximum Gasteiger partial charge on any atom is 0.220 e. The number of unbranched alkanes of at least 4 members (excludes halogenated alkanes) is 1. The van der Waals surface area contributed by atoms with E-state index in [4.69, 9.17) is 46.4 Å². The lowest BCUT2D eigenvalue weighted by molar-refractivity contribution is -0.122. The predicted octanol–water partition coefficient (Wildman–Crippen LogP) is 5.58. The molecule has 0 aliphatic heterocycles.